The molecule has 15 heavy (non-hydrogen) atoms. The molecule has 1 N–H and O–H groups in total. The standard InChI is InChI=1S/C11H20N2O2/c1-9(14)13(11-2-5-12-8-11)10-3-6-15-7-4-10/h10-12H,2-8H2,1H3. The summed E-state index contributed by atoms with van der Waals surface area (Å²) in [5.74, 6) is 0.218. The van der Waals surface area contributed by atoms with E-state index >= 15 is 0 Å². The van der Waals surface area contributed by atoms with Gasteiger partial charge in [0.25, 0.3) is 0 Å². The third-order valence-corrected chi connectivity index (χ3v) is 3.38. The first-order chi connectivity index (χ1) is 7.29. The summed E-state index contributed by atoms with van der Waals surface area (Å²) in [6, 6.07) is 0.812. The summed E-state index contributed by atoms with van der Waals surface area (Å²) in [7, 11) is 0. The highest BCUT2D eigenvalue weighted by Gasteiger charge is 2.31. The zero-order valence-electron chi connectivity index (χ0n) is 9.37. The van der Waals surface area contributed by atoms with Crippen LogP contribution in [0.15, 0.2) is 0 Å². The molecule has 2 rings (SSSR count). The van der Waals surface area contributed by atoms with Gasteiger partial charge in [-0.1, -0.05) is 0 Å². The van der Waals surface area contributed by atoms with Crippen LogP contribution < -0.4 is 5.32 Å². The van der Waals surface area contributed by atoms with E-state index in [4.69, 9.17) is 4.74 Å². The van der Waals surface area contributed by atoms with Crippen molar-refractivity contribution in [2.75, 3.05) is 26.3 Å². The average Bonchev–Trinajstić information content (AvgIpc) is 2.72. The highest BCUT2D eigenvalue weighted by atomic mass is 16.5. The van der Waals surface area contributed by atoms with Gasteiger partial charge in [0.15, 0.2) is 0 Å². The second-order valence-electron chi connectivity index (χ2n) is 4.42. The number of hydrogen-bond acceptors (Lipinski definition) is 3. The van der Waals surface area contributed by atoms with Gasteiger partial charge in [-0.25, -0.2) is 0 Å². The molecule has 1 amide bonds. The number of hydrogen-bond donors (Lipinski definition) is 1. The smallest absolute Gasteiger partial charge is 0.219 e. The Hall–Kier alpha value is -0.610. The van der Waals surface area contributed by atoms with E-state index in [1.165, 1.54) is 0 Å². The number of amides is 1. The second kappa shape index (κ2) is 4.94. The highest BCUT2D eigenvalue weighted by Crippen LogP contribution is 2.20. The van der Waals surface area contributed by atoms with Crippen LogP contribution in [0.3, 0.4) is 0 Å². The van der Waals surface area contributed by atoms with Crippen LogP contribution in [0, 0.1) is 0 Å². The first-order valence-electron chi connectivity index (χ1n) is 5.86. The fourth-order valence-electron chi connectivity index (χ4n) is 2.65. The number of ether oxygens (including phenoxy) is 1. The first-order valence-corrected chi connectivity index (χ1v) is 5.86. The normalized spacial score (nSPS) is 27.9. The van der Waals surface area contributed by atoms with Gasteiger partial charge in [-0.2, -0.15) is 0 Å². The van der Waals surface area contributed by atoms with Crippen molar-refractivity contribution < 1.29 is 9.53 Å². The first kappa shape index (κ1) is 10.9. The maximum Gasteiger partial charge on any atom is 0.219 e. The van der Waals surface area contributed by atoms with Crippen molar-refractivity contribution in [1.29, 1.82) is 0 Å². The van der Waals surface area contributed by atoms with Gasteiger partial charge in [0.05, 0.1) is 0 Å². The van der Waals surface area contributed by atoms with Crippen molar-refractivity contribution in [2.24, 2.45) is 0 Å². The van der Waals surface area contributed by atoms with E-state index in [2.05, 4.69) is 10.2 Å². The summed E-state index contributed by atoms with van der Waals surface area (Å²) in [5, 5.41) is 3.32. The number of carbonyl (C=O) groups is 1. The van der Waals surface area contributed by atoms with Gasteiger partial charge in [-0.3, -0.25) is 4.79 Å². The summed E-state index contributed by atoms with van der Waals surface area (Å²) < 4.78 is 5.34. The third-order valence-electron chi connectivity index (χ3n) is 3.38. The number of nitrogens with one attached hydrogen (secondary N) is 1. The van der Waals surface area contributed by atoms with Crippen molar-refractivity contribution in [3.63, 3.8) is 0 Å². The molecule has 2 saturated heterocycles. The summed E-state index contributed by atoms with van der Waals surface area (Å²) in [6.45, 7) is 5.28. The summed E-state index contributed by atoms with van der Waals surface area (Å²) in [6.07, 6.45) is 3.09. The van der Waals surface area contributed by atoms with Crippen LogP contribution >= 0.6 is 0 Å². The molecule has 2 aliphatic rings. The van der Waals surface area contributed by atoms with Gasteiger partial charge in [0.2, 0.25) is 5.91 Å². The lowest BCUT2D eigenvalue weighted by Gasteiger charge is -2.37. The molecule has 0 aromatic carbocycles. The van der Waals surface area contributed by atoms with Crippen LogP contribution in [-0.4, -0.2) is 49.2 Å². The molecule has 0 radical (unpaired) electrons. The van der Waals surface area contributed by atoms with E-state index in [-0.39, 0.29) is 5.91 Å². The Kier molecular flexibility index (Phi) is 3.59. The fraction of sp³-hybridized carbons (Fsp3) is 0.909. The molecule has 0 spiro atoms. The summed E-state index contributed by atoms with van der Waals surface area (Å²) in [4.78, 5) is 13.8. The molecule has 0 aromatic rings. The minimum Gasteiger partial charge on any atom is -0.381 e. The van der Waals surface area contributed by atoms with Crippen molar-refractivity contribution in [1.82, 2.24) is 10.2 Å². The van der Waals surface area contributed by atoms with Gasteiger partial charge >= 0.3 is 0 Å². The van der Waals surface area contributed by atoms with Crippen LogP contribution in [0.5, 0.6) is 0 Å². The van der Waals surface area contributed by atoms with Gasteiger partial charge in [0.1, 0.15) is 0 Å². The maximum absolute atomic E-state index is 11.7. The van der Waals surface area contributed by atoms with Crippen molar-refractivity contribution in [2.45, 2.75) is 38.3 Å². The lowest BCUT2D eigenvalue weighted by Crippen LogP contribution is -2.49. The number of nitrogens with zero attached hydrogens (tertiary/aromatic N) is 1. The van der Waals surface area contributed by atoms with Crippen molar-refractivity contribution >= 4 is 5.91 Å². The molecule has 0 aliphatic carbocycles. The van der Waals surface area contributed by atoms with E-state index in [1.807, 2.05) is 0 Å². The minimum atomic E-state index is 0.218. The van der Waals surface area contributed by atoms with E-state index < -0.39 is 0 Å². The lowest BCUT2D eigenvalue weighted by molar-refractivity contribution is -0.135. The number of carbonyl (C=O) groups excluding carboxylic acids is 1. The molecule has 4 heteroatoms. The topological polar surface area (TPSA) is 41.6 Å². The Balaban J connectivity index is 2.00. The predicted molar refractivity (Wildman–Crippen MR) is 57.6 cm³/mol. The molecule has 2 heterocycles. The summed E-state index contributed by atoms with van der Waals surface area (Å²) >= 11 is 0. The zero-order valence-corrected chi connectivity index (χ0v) is 9.37. The van der Waals surface area contributed by atoms with Gasteiger partial charge in [-0.15, -0.1) is 0 Å². The van der Waals surface area contributed by atoms with E-state index in [9.17, 15) is 4.79 Å². The predicted octanol–water partition coefficient (Wildman–Crippen LogP) is 0.376. The van der Waals surface area contributed by atoms with E-state index in [0.29, 0.717) is 12.1 Å². The Morgan fingerprint density at radius 1 is 1.27 bits per heavy atom. The minimum absolute atomic E-state index is 0.218. The Bertz CT molecular complexity index is 221. The number of rotatable bonds is 2. The Labute approximate surface area is 91.0 Å². The van der Waals surface area contributed by atoms with E-state index in [0.717, 1.165) is 45.6 Å². The average molecular weight is 212 g/mol. The second-order valence-corrected chi connectivity index (χ2v) is 4.42. The highest BCUT2D eigenvalue weighted by molar-refractivity contribution is 5.74. The SMILES string of the molecule is CC(=O)N(C1CCOCC1)C1CCNC1. The maximum atomic E-state index is 11.7. The monoisotopic (exact) mass is 212 g/mol. The lowest BCUT2D eigenvalue weighted by atomic mass is 10.0. The summed E-state index contributed by atoms with van der Waals surface area (Å²) in [5.41, 5.74) is 0. The van der Waals surface area contributed by atoms with Crippen LogP contribution in [0.25, 0.3) is 0 Å². The molecule has 1 unspecified atom stereocenters. The van der Waals surface area contributed by atoms with Crippen molar-refractivity contribution in [3.8, 4) is 0 Å². The fourth-order valence-corrected chi connectivity index (χ4v) is 2.65. The van der Waals surface area contributed by atoms with Gasteiger partial charge in [-0.05, 0) is 25.8 Å². The Morgan fingerprint density at radius 2 is 2.00 bits per heavy atom. The molecule has 0 saturated carbocycles. The third kappa shape index (κ3) is 2.49. The molecule has 1 atom stereocenters. The molecule has 86 valence electrons. The van der Waals surface area contributed by atoms with Crippen LogP contribution in [-0.2, 0) is 9.53 Å². The molecule has 0 bridgehead atoms. The van der Waals surface area contributed by atoms with Crippen LogP contribution in [0.2, 0.25) is 0 Å². The van der Waals surface area contributed by atoms with E-state index in [1.54, 1.807) is 6.92 Å². The molecular weight excluding hydrogens is 192 g/mol. The quantitative estimate of drug-likeness (QED) is 0.719. The Morgan fingerprint density at radius 3 is 2.53 bits per heavy atom. The largest absolute Gasteiger partial charge is 0.381 e. The zero-order chi connectivity index (χ0) is 10.7. The molecule has 2 fully saturated rings. The molecular formula is C11H20N2O2. The van der Waals surface area contributed by atoms with Crippen LogP contribution in [0.1, 0.15) is 26.2 Å². The molecule has 0 aromatic heterocycles. The van der Waals surface area contributed by atoms with Gasteiger partial charge < -0.3 is 15.0 Å². The molecule has 4 nitrogen and oxygen atoms in total. The van der Waals surface area contributed by atoms with Gasteiger partial charge in [0, 0.05) is 38.8 Å². The van der Waals surface area contributed by atoms with Crippen molar-refractivity contribution in [3.05, 3.63) is 0 Å². The molecule has 2 aliphatic heterocycles. The van der Waals surface area contributed by atoms with Crippen LogP contribution in [0.4, 0.5) is 0 Å².